The Kier molecular flexibility index (Phi) is 22.3. The molecule has 0 heterocycles. The molecule has 1 aliphatic rings. The van der Waals surface area contributed by atoms with Gasteiger partial charge in [-0.2, -0.15) is 0 Å². The van der Waals surface area contributed by atoms with E-state index in [-0.39, 0.29) is 12.8 Å². The summed E-state index contributed by atoms with van der Waals surface area (Å²) in [5, 5.41) is 73.4. The van der Waals surface area contributed by atoms with Crippen LogP contribution in [0.3, 0.4) is 0 Å². The molecule has 14 heteroatoms. The SMILES string of the molecule is CCCCCC/C=C\CC(O)CC(=O)NC(COP(=O)(O)OC1C(O)C(O)C(O)C(O)C1O)C(O)/C=C/CCCCCCCCC. The van der Waals surface area contributed by atoms with E-state index in [1.165, 1.54) is 38.2 Å². The summed E-state index contributed by atoms with van der Waals surface area (Å²) in [7, 11) is -5.12. The Bertz CT molecular complexity index is 906. The van der Waals surface area contributed by atoms with Gasteiger partial charge >= 0.3 is 7.82 Å². The van der Waals surface area contributed by atoms with Gasteiger partial charge in [0.2, 0.25) is 5.91 Å². The summed E-state index contributed by atoms with van der Waals surface area (Å²) < 4.78 is 22.5. The van der Waals surface area contributed by atoms with Crippen LogP contribution in [-0.2, 0) is 18.4 Å². The molecule has 1 amide bonds. The zero-order valence-electron chi connectivity index (χ0n) is 27.5. The number of unbranched alkanes of at least 4 members (excludes halogenated alkanes) is 11. The summed E-state index contributed by atoms with van der Waals surface area (Å²) in [6, 6.07) is -1.25. The van der Waals surface area contributed by atoms with E-state index < -0.39 is 75.2 Å². The van der Waals surface area contributed by atoms with Crippen molar-refractivity contribution in [2.45, 2.75) is 165 Å². The molecule has 1 fully saturated rings. The van der Waals surface area contributed by atoms with Crippen LogP contribution in [0.15, 0.2) is 24.3 Å². The van der Waals surface area contributed by atoms with Crippen LogP contribution in [0.2, 0.25) is 0 Å². The number of carbonyl (C=O) groups is 1. The molecule has 8 unspecified atom stereocenters. The largest absolute Gasteiger partial charge is 0.472 e. The van der Waals surface area contributed by atoms with Crippen LogP contribution in [0.25, 0.3) is 0 Å². The van der Waals surface area contributed by atoms with Crippen molar-refractivity contribution in [3.8, 4) is 0 Å². The lowest BCUT2D eigenvalue weighted by Gasteiger charge is -2.41. The van der Waals surface area contributed by atoms with Gasteiger partial charge < -0.3 is 46.0 Å². The van der Waals surface area contributed by atoms with Crippen molar-refractivity contribution in [3.63, 3.8) is 0 Å². The van der Waals surface area contributed by atoms with E-state index in [1.54, 1.807) is 6.08 Å². The molecule has 1 rings (SSSR count). The highest BCUT2D eigenvalue weighted by molar-refractivity contribution is 7.47. The minimum absolute atomic E-state index is 0.251. The lowest BCUT2D eigenvalue weighted by Crippen LogP contribution is -2.64. The van der Waals surface area contributed by atoms with Crippen LogP contribution >= 0.6 is 7.82 Å². The van der Waals surface area contributed by atoms with Crippen molar-refractivity contribution in [1.29, 1.82) is 0 Å². The number of phosphoric acid groups is 1. The molecule has 0 aromatic carbocycles. The number of hydrogen-bond acceptors (Lipinski definition) is 11. The first-order valence-corrected chi connectivity index (χ1v) is 18.4. The van der Waals surface area contributed by atoms with Gasteiger partial charge in [0, 0.05) is 0 Å². The number of allylic oxidation sites excluding steroid dienone is 2. The fourth-order valence-corrected chi connectivity index (χ4v) is 6.08. The van der Waals surface area contributed by atoms with E-state index in [2.05, 4.69) is 19.2 Å². The maximum atomic E-state index is 12.7. The third kappa shape index (κ3) is 17.3. The minimum Gasteiger partial charge on any atom is -0.392 e. The van der Waals surface area contributed by atoms with E-state index >= 15 is 0 Å². The summed E-state index contributed by atoms with van der Waals surface area (Å²) in [5.41, 5.74) is 0. The van der Waals surface area contributed by atoms with Crippen LogP contribution < -0.4 is 5.32 Å². The maximum absolute atomic E-state index is 12.7. The van der Waals surface area contributed by atoms with Gasteiger partial charge in [-0.3, -0.25) is 13.8 Å². The minimum atomic E-state index is -5.12. The Balaban J connectivity index is 2.79. The van der Waals surface area contributed by atoms with E-state index in [1.807, 2.05) is 12.2 Å². The first kappa shape index (κ1) is 42.8. The number of rotatable bonds is 25. The second-order valence-electron chi connectivity index (χ2n) is 12.2. The van der Waals surface area contributed by atoms with E-state index in [9.17, 15) is 50.0 Å². The van der Waals surface area contributed by atoms with Crippen LogP contribution in [0.5, 0.6) is 0 Å². The van der Waals surface area contributed by atoms with Gasteiger partial charge in [-0.1, -0.05) is 95.9 Å². The maximum Gasteiger partial charge on any atom is 0.472 e. The number of hydrogen-bond donors (Lipinski definition) is 9. The topological polar surface area (TPSA) is 226 Å². The second-order valence-corrected chi connectivity index (χ2v) is 13.6. The van der Waals surface area contributed by atoms with Crippen molar-refractivity contribution < 1.29 is 59.0 Å². The van der Waals surface area contributed by atoms with Gasteiger partial charge in [-0.05, 0) is 32.1 Å². The van der Waals surface area contributed by atoms with Gasteiger partial charge in [-0.25, -0.2) is 4.57 Å². The molecule has 0 bridgehead atoms. The average molecular weight is 682 g/mol. The van der Waals surface area contributed by atoms with E-state index in [0.717, 1.165) is 44.9 Å². The van der Waals surface area contributed by atoms with Gasteiger partial charge in [-0.15, -0.1) is 0 Å². The Labute approximate surface area is 274 Å². The highest BCUT2D eigenvalue weighted by atomic mass is 31.2. The smallest absolute Gasteiger partial charge is 0.392 e. The second kappa shape index (κ2) is 24.0. The van der Waals surface area contributed by atoms with Crippen molar-refractivity contribution in [2.24, 2.45) is 0 Å². The van der Waals surface area contributed by atoms with Crippen LogP contribution in [0, 0.1) is 0 Å². The zero-order chi connectivity index (χ0) is 34.5. The van der Waals surface area contributed by atoms with Crippen molar-refractivity contribution in [1.82, 2.24) is 5.32 Å². The number of nitrogens with one attached hydrogen (secondary N) is 1. The van der Waals surface area contributed by atoms with Gasteiger partial charge in [0.15, 0.2) is 0 Å². The molecule has 13 nitrogen and oxygen atoms in total. The first-order valence-electron chi connectivity index (χ1n) is 16.9. The van der Waals surface area contributed by atoms with Gasteiger partial charge in [0.05, 0.1) is 31.3 Å². The van der Waals surface area contributed by atoms with Gasteiger partial charge in [0.1, 0.15) is 36.6 Å². The van der Waals surface area contributed by atoms with E-state index in [0.29, 0.717) is 6.42 Å². The normalized spacial score (nSPS) is 27.1. The first-order chi connectivity index (χ1) is 21.8. The summed E-state index contributed by atoms with van der Waals surface area (Å²) >= 11 is 0. The summed E-state index contributed by atoms with van der Waals surface area (Å²) in [5.74, 6) is -0.635. The highest BCUT2D eigenvalue weighted by Gasteiger charge is 2.51. The molecule has 0 saturated heterocycles. The highest BCUT2D eigenvalue weighted by Crippen LogP contribution is 2.47. The number of aliphatic hydroxyl groups excluding tert-OH is 7. The number of carbonyl (C=O) groups excluding carboxylic acids is 1. The summed E-state index contributed by atoms with van der Waals surface area (Å²) in [6.45, 7) is 3.55. The molecule has 8 atom stereocenters. The molecular formula is C32H60NO12P. The van der Waals surface area contributed by atoms with Crippen molar-refractivity contribution in [3.05, 3.63) is 24.3 Å². The molecule has 0 aliphatic heterocycles. The lowest BCUT2D eigenvalue weighted by atomic mass is 9.85. The fourth-order valence-electron chi connectivity index (χ4n) is 5.12. The molecule has 0 spiro atoms. The summed E-state index contributed by atoms with van der Waals surface area (Å²) in [6.07, 6.45) is 6.45. The molecule has 1 saturated carbocycles. The molecule has 1 aliphatic carbocycles. The van der Waals surface area contributed by atoms with Crippen LogP contribution in [0.4, 0.5) is 0 Å². The average Bonchev–Trinajstić information content (AvgIpc) is 3.01. The quantitative estimate of drug-likeness (QED) is 0.0385. The predicted molar refractivity (Wildman–Crippen MR) is 174 cm³/mol. The third-order valence-electron chi connectivity index (χ3n) is 8.03. The molecule has 46 heavy (non-hydrogen) atoms. The number of amides is 1. The monoisotopic (exact) mass is 681 g/mol. The molecule has 0 aromatic rings. The van der Waals surface area contributed by atoms with Gasteiger partial charge in [0.25, 0.3) is 0 Å². The predicted octanol–water partition coefficient (Wildman–Crippen LogP) is 2.52. The lowest BCUT2D eigenvalue weighted by molar-refractivity contribution is -0.220. The fraction of sp³-hybridized carbons (Fsp3) is 0.844. The van der Waals surface area contributed by atoms with E-state index in [4.69, 9.17) is 9.05 Å². The Morgan fingerprint density at radius 3 is 1.85 bits per heavy atom. The van der Waals surface area contributed by atoms with Crippen molar-refractivity contribution in [2.75, 3.05) is 6.61 Å². The van der Waals surface area contributed by atoms with Crippen molar-refractivity contribution >= 4 is 13.7 Å². The molecule has 9 N–H and O–H groups in total. The third-order valence-corrected chi connectivity index (χ3v) is 9.02. The Hall–Kier alpha value is -1.22. The molecule has 270 valence electrons. The standard InChI is InChI=1S/C32H60NO12P/c1-3-5-7-9-11-12-14-16-18-20-25(35)24(33-26(36)21-23(34)19-17-15-13-10-8-6-4-2)22-44-46(42,43)45-32-30(40)28(38)27(37)29(39)31(32)41/h15,17-18,20,23-25,27-32,34-35,37-41H,3-14,16,19,21-22H2,1-2H3,(H,33,36)(H,42,43)/b17-15-,20-18+. The van der Waals surface area contributed by atoms with Crippen LogP contribution in [-0.4, -0.2) is 108 Å². The summed E-state index contributed by atoms with van der Waals surface area (Å²) in [4.78, 5) is 23.0. The number of aliphatic hydroxyl groups is 7. The molecule has 0 radical (unpaired) electrons. The number of phosphoric ester groups is 1. The zero-order valence-corrected chi connectivity index (χ0v) is 28.4. The van der Waals surface area contributed by atoms with Crippen LogP contribution in [0.1, 0.15) is 110 Å². The molecule has 0 aromatic heterocycles. The molecular weight excluding hydrogens is 621 g/mol. The Morgan fingerprint density at radius 2 is 1.26 bits per heavy atom. The Morgan fingerprint density at radius 1 is 0.761 bits per heavy atom.